The lowest BCUT2D eigenvalue weighted by molar-refractivity contribution is -0.147. The average Bonchev–Trinajstić information content (AvgIpc) is 2.91. The minimum Gasteiger partial charge on any atom is -0.461 e. The number of carbonyl (C=O) groups excluding carboxylic acids is 4. The Hall–Kier alpha value is -4.66. The first-order valence-corrected chi connectivity index (χ1v) is 11.7. The number of carbonyl (C=O) groups is 4. The van der Waals surface area contributed by atoms with Crippen LogP contribution in [0.1, 0.15) is 23.1 Å². The highest BCUT2D eigenvalue weighted by atomic mass is 16.5. The molecule has 3 aromatic carbocycles. The van der Waals surface area contributed by atoms with Crippen molar-refractivity contribution in [3.8, 4) is 0 Å². The van der Waals surface area contributed by atoms with E-state index in [-0.39, 0.29) is 19.6 Å². The lowest BCUT2D eigenvalue weighted by Crippen LogP contribution is -2.54. The summed E-state index contributed by atoms with van der Waals surface area (Å²) in [6.07, 6.45) is -1.24. The Morgan fingerprint density at radius 1 is 0.649 bits per heavy atom. The summed E-state index contributed by atoms with van der Waals surface area (Å²) >= 11 is 0. The fraction of sp³-hybridized carbons (Fsp3) is 0.214. The molecule has 2 atom stereocenters. The summed E-state index contributed by atoms with van der Waals surface area (Å²) in [7, 11) is 0. The SMILES string of the molecule is NC(=O)[C@H](Cc1ccccc1)NC(=O)[C@H](CC(=O)OCc1ccccc1)NC(=O)OCc1ccccc1. The van der Waals surface area contributed by atoms with E-state index in [1.807, 2.05) is 18.2 Å². The maximum Gasteiger partial charge on any atom is 0.408 e. The van der Waals surface area contributed by atoms with Gasteiger partial charge < -0.3 is 25.8 Å². The summed E-state index contributed by atoms with van der Waals surface area (Å²) in [4.78, 5) is 50.1. The summed E-state index contributed by atoms with van der Waals surface area (Å²) in [5.74, 6) is -2.24. The van der Waals surface area contributed by atoms with E-state index in [9.17, 15) is 19.2 Å². The van der Waals surface area contributed by atoms with Crippen LogP contribution in [-0.4, -0.2) is 36.0 Å². The van der Waals surface area contributed by atoms with Gasteiger partial charge >= 0.3 is 12.1 Å². The molecule has 0 aliphatic carbocycles. The van der Waals surface area contributed by atoms with Gasteiger partial charge in [-0.15, -0.1) is 0 Å². The number of primary amides is 1. The number of nitrogens with two attached hydrogens (primary N) is 1. The number of nitrogens with one attached hydrogen (secondary N) is 2. The van der Waals surface area contributed by atoms with Crippen LogP contribution in [0.2, 0.25) is 0 Å². The van der Waals surface area contributed by atoms with Gasteiger partial charge in [-0.05, 0) is 16.7 Å². The second-order valence-corrected chi connectivity index (χ2v) is 8.26. The molecule has 0 fully saturated rings. The number of hydrogen-bond acceptors (Lipinski definition) is 6. The van der Waals surface area contributed by atoms with Gasteiger partial charge in [-0.1, -0.05) is 91.0 Å². The van der Waals surface area contributed by atoms with Gasteiger partial charge in [-0.25, -0.2) is 4.79 Å². The van der Waals surface area contributed by atoms with Crippen LogP contribution in [0.3, 0.4) is 0 Å². The number of rotatable bonds is 12. The van der Waals surface area contributed by atoms with Crippen molar-refractivity contribution in [2.24, 2.45) is 5.73 Å². The highest BCUT2D eigenvalue weighted by Crippen LogP contribution is 2.07. The predicted molar refractivity (Wildman–Crippen MR) is 136 cm³/mol. The molecule has 3 aromatic rings. The van der Waals surface area contributed by atoms with Crippen molar-refractivity contribution >= 4 is 23.9 Å². The third kappa shape index (κ3) is 9.48. The zero-order valence-corrected chi connectivity index (χ0v) is 20.2. The van der Waals surface area contributed by atoms with Crippen molar-refractivity contribution in [3.05, 3.63) is 108 Å². The van der Waals surface area contributed by atoms with Crippen molar-refractivity contribution in [1.29, 1.82) is 0 Å². The number of benzene rings is 3. The molecule has 3 rings (SSSR count). The van der Waals surface area contributed by atoms with Crippen LogP contribution in [0, 0.1) is 0 Å². The van der Waals surface area contributed by atoms with Gasteiger partial charge in [-0.3, -0.25) is 14.4 Å². The molecule has 0 aromatic heterocycles. The average molecular weight is 504 g/mol. The van der Waals surface area contributed by atoms with E-state index in [2.05, 4.69) is 10.6 Å². The normalized spacial score (nSPS) is 12.0. The summed E-state index contributed by atoms with van der Waals surface area (Å²) in [5.41, 5.74) is 7.80. The Morgan fingerprint density at radius 3 is 1.65 bits per heavy atom. The van der Waals surface area contributed by atoms with Gasteiger partial charge in [0.25, 0.3) is 0 Å². The van der Waals surface area contributed by atoms with Crippen molar-refractivity contribution in [2.45, 2.75) is 38.1 Å². The van der Waals surface area contributed by atoms with Crippen molar-refractivity contribution in [3.63, 3.8) is 0 Å². The molecule has 0 aliphatic rings. The van der Waals surface area contributed by atoms with E-state index >= 15 is 0 Å². The van der Waals surface area contributed by atoms with Gasteiger partial charge in [0.2, 0.25) is 11.8 Å². The fourth-order valence-corrected chi connectivity index (χ4v) is 3.42. The fourth-order valence-electron chi connectivity index (χ4n) is 3.42. The number of alkyl carbamates (subject to hydrolysis) is 1. The Labute approximate surface area is 215 Å². The van der Waals surface area contributed by atoms with Gasteiger partial charge in [0.15, 0.2) is 0 Å². The second kappa shape index (κ2) is 14.0. The first-order valence-electron chi connectivity index (χ1n) is 11.7. The molecule has 0 spiro atoms. The van der Waals surface area contributed by atoms with E-state index in [0.717, 1.165) is 16.7 Å². The molecule has 0 unspecified atom stereocenters. The molecular formula is C28H29N3O6. The van der Waals surface area contributed by atoms with Gasteiger partial charge in [0.05, 0.1) is 6.42 Å². The molecule has 9 heteroatoms. The molecule has 4 N–H and O–H groups in total. The van der Waals surface area contributed by atoms with Crippen LogP contribution in [0.4, 0.5) is 4.79 Å². The Kier molecular flexibility index (Phi) is 10.2. The van der Waals surface area contributed by atoms with Crippen LogP contribution in [0.15, 0.2) is 91.0 Å². The van der Waals surface area contributed by atoms with Gasteiger partial charge in [0.1, 0.15) is 25.3 Å². The standard InChI is InChI=1S/C28H29N3O6/c29-26(33)23(16-20-10-4-1-5-11-20)30-27(34)24(17-25(32)36-18-21-12-6-2-7-13-21)31-28(35)37-19-22-14-8-3-9-15-22/h1-15,23-24H,16-19H2,(H2,29,33)(H,30,34)(H,31,35)/t23-,24-/m0/s1. The molecule has 0 saturated carbocycles. The minimum atomic E-state index is -1.36. The molecule has 0 bridgehead atoms. The molecule has 192 valence electrons. The lowest BCUT2D eigenvalue weighted by atomic mass is 10.0. The quantitative estimate of drug-likeness (QED) is 0.325. The number of ether oxygens (including phenoxy) is 2. The van der Waals surface area contributed by atoms with Crippen molar-refractivity contribution < 1.29 is 28.7 Å². The van der Waals surface area contributed by atoms with Crippen LogP contribution in [0.5, 0.6) is 0 Å². The number of amides is 3. The zero-order chi connectivity index (χ0) is 26.5. The van der Waals surface area contributed by atoms with E-state index in [0.29, 0.717) is 0 Å². The van der Waals surface area contributed by atoms with E-state index < -0.39 is 42.4 Å². The van der Waals surface area contributed by atoms with Crippen molar-refractivity contribution in [2.75, 3.05) is 0 Å². The van der Waals surface area contributed by atoms with Crippen LogP contribution in [0.25, 0.3) is 0 Å². The third-order valence-electron chi connectivity index (χ3n) is 5.38. The van der Waals surface area contributed by atoms with Gasteiger partial charge in [0, 0.05) is 6.42 Å². The Bertz CT molecular complexity index is 1110. The van der Waals surface area contributed by atoms with Crippen molar-refractivity contribution in [1.82, 2.24) is 10.6 Å². The molecule has 0 radical (unpaired) electrons. The smallest absolute Gasteiger partial charge is 0.408 e. The Balaban J connectivity index is 1.65. The van der Waals surface area contributed by atoms with E-state index in [1.54, 1.807) is 72.8 Å². The highest BCUT2D eigenvalue weighted by Gasteiger charge is 2.29. The molecule has 9 nitrogen and oxygen atoms in total. The third-order valence-corrected chi connectivity index (χ3v) is 5.38. The van der Waals surface area contributed by atoms with E-state index in [4.69, 9.17) is 15.2 Å². The largest absolute Gasteiger partial charge is 0.461 e. The monoisotopic (exact) mass is 503 g/mol. The number of esters is 1. The summed E-state index contributed by atoms with van der Waals surface area (Å²) < 4.78 is 10.5. The van der Waals surface area contributed by atoms with Crippen LogP contribution >= 0.6 is 0 Å². The zero-order valence-electron chi connectivity index (χ0n) is 20.2. The van der Waals surface area contributed by atoms with E-state index in [1.165, 1.54) is 0 Å². The molecule has 0 saturated heterocycles. The topological polar surface area (TPSA) is 137 Å². The van der Waals surface area contributed by atoms with Gasteiger partial charge in [-0.2, -0.15) is 0 Å². The minimum absolute atomic E-state index is 0.00435. The van der Waals surface area contributed by atoms with Crippen LogP contribution in [-0.2, 0) is 43.5 Å². The summed E-state index contributed by atoms with van der Waals surface area (Å²) in [5, 5.41) is 4.93. The summed E-state index contributed by atoms with van der Waals surface area (Å²) in [6.45, 7) is -0.0260. The first-order chi connectivity index (χ1) is 17.9. The maximum atomic E-state index is 13.1. The molecule has 0 heterocycles. The number of hydrogen-bond donors (Lipinski definition) is 3. The first kappa shape index (κ1) is 26.9. The Morgan fingerprint density at radius 2 is 1.14 bits per heavy atom. The second-order valence-electron chi connectivity index (χ2n) is 8.26. The molecular weight excluding hydrogens is 474 g/mol. The molecule has 37 heavy (non-hydrogen) atoms. The molecule has 0 aliphatic heterocycles. The summed E-state index contributed by atoms with van der Waals surface area (Å²) in [6, 6.07) is 24.6. The van der Waals surface area contributed by atoms with Crippen LogP contribution < -0.4 is 16.4 Å². The maximum absolute atomic E-state index is 13.1. The predicted octanol–water partition coefficient (Wildman–Crippen LogP) is 2.63. The lowest BCUT2D eigenvalue weighted by Gasteiger charge is -2.21. The highest BCUT2D eigenvalue weighted by molar-refractivity contribution is 5.93. The molecule has 3 amide bonds.